The van der Waals surface area contributed by atoms with Crippen molar-refractivity contribution >= 4 is 5.91 Å². The van der Waals surface area contributed by atoms with Crippen LogP contribution in [-0.4, -0.2) is 63.2 Å². The number of pyridine rings is 1. The number of hydrogen-bond acceptors (Lipinski definition) is 6. The highest BCUT2D eigenvalue weighted by Crippen LogP contribution is 2.29. The van der Waals surface area contributed by atoms with Crippen molar-refractivity contribution in [1.82, 2.24) is 15.6 Å². The summed E-state index contributed by atoms with van der Waals surface area (Å²) in [5.41, 5.74) is -0.0636. The van der Waals surface area contributed by atoms with Crippen LogP contribution in [0.2, 0.25) is 0 Å². The van der Waals surface area contributed by atoms with E-state index >= 15 is 0 Å². The van der Waals surface area contributed by atoms with Gasteiger partial charge in [-0.3, -0.25) is 10.1 Å². The van der Waals surface area contributed by atoms with E-state index in [1.54, 1.807) is 13.0 Å². The van der Waals surface area contributed by atoms with Gasteiger partial charge in [-0.15, -0.1) is 0 Å². The minimum absolute atomic E-state index is 0.149. The van der Waals surface area contributed by atoms with Gasteiger partial charge in [-0.2, -0.15) is 4.39 Å². The van der Waals surface area contributed by atoms with Gasteiger partial charge >= 0.3 is 0 Å². The van der Waals surface area contributed by atoms with Crippen molar-refractivity contribution < 1.29 is 24.5 Å². The lowest BCUT2D eigenvalue weighted by molar-refractivity contribution is -0.121. The maximum atomic E-state index is 12.9. The summed E-state index contributed by atoms with van der Waals surface area (Å²) in [5.74, 6) is -0.692. The Bertz CT molecular complexity index is 572. The van der Waals surface area contributed by atoms with Crippen molar-refractivity contribution in [1.29, 1.82) is 0 Å². The third-order valence-electron chi connectivity index (χ3n) is 4.77. The van der Waals surface area contributed by atoms with Crippen molar-refractivity contribution in [2.75, 3.05) is 13.2 Å². The first kappa shape index (κ1) is 19.7. The van der Waals surface area contributed by atoms with Crippen LogP contribution in [0, 0.1) is 5.95 Å². The zero-order valence-electron chi connectivity index (χ0n) is 14.3. The third-order valence-corrected chi connectivity index (χ3v) is 4.77. The van der Waals surface area contributed by atoms with E-state index in [2.05, 4.69) is 15.6 Å². The van der Waals surface area contributed by atoms with Crippen LogP contribution in [-0.2, 0) is 11.2 Å². The van der Waals surface area contributed by atoms with Gasteiger partial charge < -0.3 is 20.6 Å². The summed E-state index contributed by atoms with van der Waals surface area (Å²) in [5, 5.41) is 35.8. The van der Waals surface area contributed by atoms with Crippen molar-refractivity contribution in [2.24, 2.45) is 0 Å². The molecule has 0 bridgehead atoms. The Balaban J connectivity index is 2.03. The van der Waals surface area contributed by atoms with Crippen molar-refractivity contribution in [2.45, 2.75) is 56.4 Å². The number of halogens is 1. The molecule has 1 aromatic rings. The molecule has 2 heterocycles. The van der Waals surface area contributed by atoms with Crippen LogP contribution in [0.3, 0.4) is 0 Å². The highest BCUT2D eigenvalue weighted by Gasteiger charge is 2.51. The maximum absolute atomic E-state index is 12.9. The first-order valence-corrected chi connectivity index (χ1v) is 8.53. The number of amides is 1. The fourth-order valence-corrected chi connectivity index (χ4v) is 3.25. The van der Waals surface area contributed by atoms with Gasteiger partial charge in [-0.05, 0) is 30.9 Å². The van der Waals surface area contributed by atoms with E-state index in [1.165, 1.54) is 12.3 Å². The number of hydrogen-bond donors (Lipinski definition) is 5. The second-order valence-electron chi connectivity index (χ2n) is 6.50. The van der Waals surface area contributed by atoms with Gasteiger partial charge in [0.25, 0.3) is 0 Å². The molecule has 1 aromatic heterocycles. The molecular weight excluding hydrogens is 329 g/mol. The first-order valence-electron chi connectivity index (χ1n) is 8.53. The summed E-state index contributed by atoms with van der Waals surface area (Å²) in [6.45, 7) is 1.56. The van der Waals surface area contributed by atoms with E-state index in [4.69, 9.17) is 0 Å². The topological polar surface area (TPSA) is 115 Å². The standard InChI is InChI=1S/C17H26FN3O4/c1-2-14(23)20-10-17(16(25)15(24)12(9-22)21-17)7-3-4-11-5-6-13(18)19-8-11/h5-6,8,12,15-16,21-22,24-25H,2-4,7,9-10H2,1H3,(H,20,23)/t12-,15-,16+,17-/m1/s1. The van der Waals surface area contributed by atoms with Gasteiger partial charge in [-0.25, -0.2) is 4.98 Å². The van der Waals surface area contributed by atoms with Gasteiger partial charge in [0.1, 0.15) is 6.10 Å². The number of aliphatic hydroxyl groups excluding tert-OH is 3. The quantitative estimate of drug-likeness (QED) is 0.402. The van der Waals surface area contributed by atoms with Crippen LogP contribution in [0.1, 0.15) is 31.7 Å². The van der Waals surface area contributed by atoms with E-state index < -0.39 is 29.7 Å². The van der Waals surface area contributed by atoms with Gasteiger partial charge in [0.05, 0.1) is 24.3 Å². The van der Waals surface area contributed by atoms with Gasteiger partial charge in [0.2, 0.25) is 11.9 Å². The minimum Gasteiger partial charge on any atom is -0.395 e. The molecule has 8 heteroatoms. The molecule has 7 nitrogen and oxygen atoms in total. The van der Waals surface area contributed by atoms with Gasteiger partial charge in [0, 0.05) is 19.2 Å². The highest BCUT2D eigenvalue weighted by molar-refractivity contribution is 5.75. The molecule has 1 aliphatic rings. The normalized spacial score (nSPS) is 28.9. The molecule has 1 fully saturated rings. The molecular formula is C17H26FN3O4. The number of nitrogens with zero attached hydrogens (tertiary/aromatic N) is 1. The van der Waals surface area contributed by atoms with Gasteiger partial charge in [0.15, 0.2) is 0 Å². The lowest BCUT2D eigenvalue weighted by atomic mass is 9.86. The Morgan fingerprint density at radius 1 is 1.44 bits per heavy atom. The maximum Gasteiger partial charge on any atom is 0.219 e. The lowest BCUT2D eigenvalue weighted by Gasteiger charge is -2.34. The molecule has 1 amide bonds. The van der Waals surface area contributed by atoms with Crippen molar-refractivity contribution in [3.8, 4) is 0 Å². The number of nitrogens with one attached hydrogen (secondary N) is 2. The molecule has 0 spiro atoms. The summed E-state index contributed by atoms with van der Waals surface area (Å²) < 4.78 is 12.9. The Kier molecular flexibility index (Phi) is 6.83. The van der Waals surface area contributed by atoms with Gasteiger partial charge in [-0.1, -0.05) is 13.0 Å². The van der Waals surface area contributed by atoms with Crippen molar-refractivity contribution in [3.05, 3.63) is 29.8 Å². The second kappa shape index (κ2) is 8.66. The summed E-state index contributed by atoms with van der Waals surface area (Å²) in [4.78, 5) is 15.2. The summed E-state index contributed by atoms with van der Waals surface area (Å²) in [7, 11) is 0. The highest BCUT2D eigenvalue weighted by atomic mass is 19.1. The Labute approximate surface area is 146 Å². The molecule has 1 aliphatic heterocycles. The number of aliphatic hydroxyl groups is 3. The first-order chi connectivity index (χ1) is 11.9. The summed E-state index contributed by atoms with van der Waals surface area (Å²) in [6, 6.07) is 2.29. The molecule has 0 radical (unpaired) electrons. The van der Waals surface area contributed by atoms with Crippen LogP contribution in [0.15, 0.2) is 18.3 Å². The largest absolute Gasteiger partial charge is 0.395 e. The van der Waals surface area contributed by atoms with Crippen molar-refractivity contribution in [3.63, 3.8) is 0 Å². The van der Waals surface area contributed by atoms with Crippen LogP contribution in [0.25, 0.3) is 0 Å². The molecule has 0 aromatic carbocycles. The van der Waals surface area contributed by atoms with E-state index in [0.717, 1.165) is 5.56 Å². The summed E-state index contributed by atoms with van der Waals surface area (Å²) in [6.07, 6.45) is 1.26. The zero-order chi connectivity index (χ0) is 18.4. The number of carbonyl (C=O) groups is 1. The van der Waals surface area contributed by atoms with Crippen LogP contribution in [0.5, 0.6) is 0 Å². The Morgan fingerprint density at radius 2 is 2.20 bits per heavy atom. The predicted octanol–water partition coefficient (Wildman–Crippen LogP) is -0.506. The minimum atomic E-state index is -1.12. The molecule has 1 saturated heterocycles. The average Bonchev–Trinajstić information content (AvgIpc) is 2.86. The molecule has 4 atom stereocenters. The van der Waals surface area contributed by atoms with Crippen LogP contribution in [0.4, 0.5) is 4.39 Å². The van der Waals surface area contributed by atoms with E-state index in [9.17, 15) is 24.5 Å². The van der Waals surface area contributed by atoms with Crippen LogP contribution >= 0.6 is 0 Å². The fraction of sp³-hybridized carbons (Fsp3) is 0.647. The zero-order valence-corrected chi connectivity index (χ0v) is 14.3. The fourth-order valence-electron chi connectivity index (χ4n) is 3.25. The summed E-state index contributed by atoms with van der Waals surface area (Å²) >= 11 is 0. The van der Waals surface area contributed by atoms with E-state index in [0.29, 0.717) is 25.7 Å². The Hall–Kier alpha value is -1.61. The predicted molar refractivity (Wildman–Crippen MR) is 89.2 cm³/mol. The number of carbonyl (C=O) groups excluding carboxylic acids is 1. The lowest BCUT2D eigenvalue weighted by Crippen LogP contribution is -2.57. The number of rotatable bonds is 8. The average molecular weight is 355 g/mol. The number of aryl methyl sites for hydroxylation is 1. The SMILES string of the molecule is CCC(=O)NC[C@@]1(CCCc2ccc(F)nc2)N[C@H](CO)[C@@H](O)[C@@H]1O. The monoisotopic (exact) mass is 355 g/mol. The molecule has 5 N–H and O–H groups in total. The molecule has 25 heavy (non-hydrogen) atoms. The molecule has 0 unspecified atom stereocenters. The smallest absolute Gasteiger partial charge is 0.219 e. The second-order valence-corrected chi connectivity index (χ2v) is 6.50. The number of aromatic nitrogens is 1. The van der Waals surface area contributed by atoms with E-state index in [-0.39, 0.29) is 19.1 Å². The van der Waals surface area contributed by atoms with Crippen LogP contribution < -0.4 is 10.6 Å². The molecule has 0 saturated carbocycles. The van der Waals surface area contributed by atoms with E-state index in [1.807, 2.05) is 0 Å². The Morgan fingerprint density at radius 3 is 2.76 bits per heavy atom. The third kappa shape index (κ3) is 4.72. The molecule has 140 valence electrons. The molecule has 2 rings (SSSR count). The molecule has 0 aliphatic carbocycles.